The van der Waals surface area contributed by atoms with Crippen LogP contribution in [0, 0.1) is 35.8 Å². The summed E-state index contributed by atoms with van der Waals surface area (Å²) < 4.78 is 13.2. The van der Waals surface area contributed by atoms with Gasteiger partial charge in [-0.2, -0.15) is 10.5 Å². The zero-order valence-corrected chi connectivity index (χ0v) is 59.7. The zero-order valence-electron chi connectivity index (χ0n) is 59.7. The summed E-state index contributed by atoms with van der Waals surface area (Å²) in [5, 5.41) is 32.0. The number of benzene rings is 16. The number of furan rings is 2. The number of rotatable bonds is 14. The van der Waals surface area contributed by atoms with Crippen LogP contribution in [-0.2, 0) is 0 Å². The molecule has 0 N–H and O–H groups in total. The van der Waals surface area contributed by atoms with Gasteiger partial charge in [-0.3, -0.25) is 0 Å². The van der Waals surface area contributed by atoms with E-state index in [2.05, 4.69) is 263 Å². The first kappa shape index (κ1) is 66.6. The molecule has 0 aliphatic carbocycles. The molecule has 0 radical (unpaired) electrons. The maximum absolute atomic E-state index is 9.47. The molecule has 0 amide bonds. The Bertz CT molecular complexity index is 6240. The highest BCUT2D eigenvalue weighted by Crippen LogP contribution is 2.46. The van der Waals surface area contributed by atoms with Crippen molar-refractivity contribution in [3.05, 3.63) is 373 Å². The molecule has 0 atom stereocenters. The first-order chi connectivity index (χ1) is 52.9. The zero-order chi connectivity index (χ0) is 73.5. The van der Waals surface area contributed by atoms with Crippen LogP contribution < -0.4 is 19.6 Å². The topological polar surface area (TPSA) is 95.5 Å². The van der Waals surface area contributed by atoms with E-state index in [-0.39, 0.29) is 0 Å². The van der Waals surface area contributed by atoms with Crippen molar-refractivity contribution in [2.75, 3.05) is 19.6 Å². The lowest BCUT2D eigenvalue weighted by molar-refractivity contribution is 0.669. The molecule has 0 saturated heterocycles. The molecule has 0 aliphatic rings. The fraction of sp³-hybridized carbons (Fsp3) is 0.0612. The van der Waals surface area contributed by atoms with Crippen molar-refractivity contribution >= 4 is 167 Å². The molecule has 0 bridgehead atoms. The van der Waals surface area contributed by atoms with Gasteiger partial charge in [-0.1, -0.05) is 137 Å². The SMILES string of the molecule is [C-]#[N+]c1ccc(N(c2ccc(C(C)C)cc2)c2ccc3cc4c(cc3c2)oc2cc3cc(N(c5ccc(C#N)cc5)c5ccc(C(C)C)cc5)ccc3cc24)cc1.[C-]#[N+]c1ccc(N(c2ccccc2)c2ccc3cc4c(cc3c2)oc2cc3cc(N(c5ccccc5)c5ccc(C#N)cc5)ccc3cc24)cc1. The number of fused-ring (bicyclic) bond motifs is 10. The Balaban J connectivity index is 0.000000159. The molecule has 0 aliphatic heterocycles. The normalized spacial score (nSPS) is 11.3. The molecule has 10 heteroatoms. The van der Waals surface area contributed by atoms with Crippen molar-refractivity contribution < 1.29 is 8.83 Å². The molecule has 0 spiro atoms. The van der Waals surface area contributed by atoms with Crippen LogP contribution in [0.5, 0.6) is 0 Å². The maximum Gasteiger partial charge on any atom is 0.187 e. The number of nitrogens with zero attached hydrogens (tertiary/aromatic N) is 8. The van der Waals surface area contributed by atoms with Crippen molar-refractivity contribution in [3.63, 3.8) is 0 Å². The van der Waals surface area contributed by atoms with Crippen molar-refractivity contribution in [1.29, 1.82) is 10.5 Å². The minimum Gasteiger partial charge on any atom is -0.456 e. The van der Waals surface area contributed by atoms with Gasteiger partial charge in [0.2, 0.25) is 0 Å². The van der Waals surface area contributed by atoms with Gasteiger partial charge in [0.25, 0.3) is 0 Å². The van der Waals surface area contributed by atoms with E-state index in [0.717, 1.165) is 155 Å². The summed E-state index contributed by atoms with van der Waals surface area (Å²) in [5.74, 6) is 0.874. The van der Waals surface area contributed by atoms with E-state index in [1.807, 2.05) is 133 Å². The highest BCUT2D eigenvalue weighted by Gasteiger charge is 2.22. The number of anilines is 12. The molecular formula is C98H68N8O2. The first-order valence-corrected chi connectivity index (χ1v) is 36.0. The third-order valence-corrected chi connectivity index (χ3v) is 20.4. The fourth-order valence-corrected chi connectivity index (χ4v) is 14.7. The Morgan fingerprint density at radius 1 is 0.259 bits per heavy atom. The summed E-state index contributed by atoms with van der Waals surface area (Å²) >= 11 is 0. The lowest BCUT2D eigenvalue weighted by Gasteiger charge is -2.26. The Labute approximate surface area is 626 Å². The van der Waals surface area contributed by atoms with Crippen molar-refractivity contribution in [1.82, 2.24) is 0 Å². The summed E-state index contributed by atoms with van der Waals surface area (Å²) in [6.45, 7) is 23.7. The lowest BCUT2D eigenvalue weighted by atomic mass is 10.0. The highest BCUT2D eigenvalue weighted by molar-refractivity contribution is 6.16. The highest BCUT2D eigenvalue weighted by atomic mass is 16.3. The third kappa shape index (κ3) is 12.8. The van der Waals surface area contributed by atoms with Crippen molar-refractivity contribution in [2.45, 2.75) is 39.5 Å². The predicted molar refractivity (Wildman–Crippen MR) is 446 cm³/mol. The van der Waals surface area contributed by atoms with Crippen LogP contribution in [0.1, 0.15) is 61.8 Å². The van der Waals surface area contributed by atoms with Gasteiger partial charge in [-0.15, -0.1) is 0 Å². The maximum atomic E-state index is 9.47. The summed E-state index contributed by atoms with van der Waals surface area (Å²) in [4.78, 5) is 16.1. The van der Waals surface area contributed by atoms with Crippen LogP contribution in [0.2, 0.25) is 0 Å². The van der Waals surface area contributed by atoms with Crippen LogP contribution in [0.3, 0.4) is 0 Å². The van der Waals surface area contributed by atoms with Crippen LogP contribution in [0.15, 0.2) is 336 Å². The van der Waals surface area contributed by atoms with Gasteiger partial charge in [-0.25, -0.2) is 9.69 Å². The van der Waals surface area contributed by atoms with Gasteiger partial charge in [0, 0.05) is 89.8 Å². The summed E-state index contributed by atoms with van der Waals surface area (Å²) in [5.41, 5.74) is 20.6. The minimum absolute atomic E-state index is 0.436. The van der Waals surface area contributed by atoms with Crippen LogP contribution in [0.4, 0.5) is 79.6 Å². The van der Waals surface area contributed by atoms with Gasteiger partial charge >= 0.3 is 0 Å². The van der Waals surface area contributed by atoms with E-state index >= 15 is 0 Å². The van der Waals surface area contributed by atoms with Crippen molar-refractivity contribution in [2.24, 2.45) is 0 Å². The molecule has 18 aromatic rings. The van der Waals surface area contributed by atoms with Gasteiger partial charge < -0.3 is 28.4 Å². The monoisotopic (exact) mass is 1390 g/mol. The molecule has 2 heterocycles. The first-order valence-electron chi connectivity index (χ1n) is 36.0. The second-order valence-corrected chi connectivity index (χ2v) is 27.8. The average Bonchev–Trinajstić information content (AvgIpc) is 1.58. The molecule has 16 aromatic carbocycles. The Kier molecular flexibility index (Phi) is 17.4. The number of para-hydroxylation sites is 2. The quantitative estimate of drug-likeness (QED) is 0.0994. The van der Waals surface area contributed by atoms with Gasteiger partial charge in [0.15, 0.2) is 11.4 Å². The summed E-state index contributed by atoms with van der Waals surface area (Å²) in [7, 11) is 0. The van der Waals surface area contributed by atoms with Gasteiger partial charge in [-0.05, 0) is 284 Å². The molecule has 512 valence electrons. The molecule has 10 nitrogen and oxygen atoms in total. The largest absolute Gasteiger partial charge is 0.456 e. The minimum atomic E-state index is 0.436. The van der Waals surface area contributed by atoms with Crippen molar-refractivity contribution in [3.8, 4) is 12.1 Å². The number of nitriles is 2. The van der Waals surface area contributed by atoms with Crippen LogP contribution >= 0.6 is 0 Å². The molecule has 18 rings (SSSR count). The van der Waals surface area contributed by atoms with Gasteiger partial charge in [0.05, 0.1) is 36.4 Å². The Hall–Kier alpha value is -14.7. The van der Waals surface area contributed by atoms with E-state index in [1.165, 1.54) is 11.1 Å². The third-order valence-electron chi connectivity index (χ3n) is 20.4. The summed E-state index contributed by atoms with van der Waals surface area (Å²) in [6, 6.07) is 117. The summed E-state index contributed by atoms with van der Waals surface area (Å²) in [6.07, 6.45) is 0. The molecular weight excluding hydrogens is 1320 g/mol. The number of hydrogen-bond acceptors (Lipinski definition) is 8. The lowest BCUT2D eigenvalue weighted by Crippen LogP contribution is -2.10. The fourth-order valence-electron chi connectivity index (χ4n) is 14.7. The second-order valence-electron chi connectivity index (χ2n) is 27.8. The smallest absolute Gasteiger partial charge is 0.187 e. The molecule has 2 aromatic heterocycles. The average molecular weight is 1390 g/mol. The molecule has 0 saturated carbocycles. The van der Waals surface area contributed by atoms with Crippen LogP contribution in [-0.4, -0.2) is 0 Å². The number of hydrogen-bond donors (Lipinski definition) is 0. The molecule has 108 heavy (non-hydrogen) atoms. The Morgan fingerprint density at radius 2 is 0.491 bits per heavy atom. The molecule has 0 fully saturated rings. The van der Waals surface area contributed by atoms with E-state index in [0.29, 0.717) is 34.3 Å². The predicted octanol–water partition coefficient (Wildman–Crippen LogP) is 28.8. The van der Waals surface area contributed by atoms with Gasteiger partial charge in [0.1, 0.15) is 22.3 Å². The Morgan fingerprint density at radius 3 is 0.731 bits per heavy atom. The van der Waals surface area contributed by atoms with E-state index in [4.69, 9.17) is 22.0 Å². The van der Waals surface area contributed by atoms with E-state index < -0.39 is 0 Å². The van der Waals surface area contributed by atoms with E-state index in [9.17, 15) is 10.5 Å². The standard InChI is InChI=1S/C52H40N4O.C46H28N4O/c1-33(2)36-8-18-44(19-9-36)55(43-16-6-35(32-53)7-17-43)47-22-12-38-28-49-50-29-39-13-23-48(27-41(39)31-52(50)57-51(49)30-40(38)26-47)56(46-24-14-42(54-5)15-25-46)45-20-10-37(11-21-45)34(3)4;1-48-36-16-22-40(23-17-36)50(38-10-6-3-7-11-38)42-21-15-33-27-44-43-26-32-14-20-41(24-34(32)28-45(43)51-46(44)29-35(33)25-42)49(37-8-4-2-5-9-37)39-18-12-31(30-47)13-19-39/h6-31,33-34H,1-4H3;2-29H. The van der Waals surface area contributed by atoms with Crippen LogP contribution in [0.25, 0.3) is 96.7 Å². The van der Waals surface area contributed by atoms with E-state index in [1.54, 1.807) is 0 Å². The molecule has 0 unspecified atom stereocenters. The second kappa shape index (κ2) is 28.2.